The maximum absolute atomic E-state index is 6.57. The van der Waals surface area contributed by atoms with Crippen LogP contribution in [0.2, 0.25) is 0 Å². The molecule has 0 unspecified atom stereocenters. The van der Waals surface area contributed by atoms with E-state index in [4.69, 9.17) is 11.5 Å². The molecule has 0 atom stereocenters. The summed E-state index contributed by atoms with van der Waals surface area (Å²) in [5, 5.41) is 11.4. The van der Waals surface area contributed by atoms with E-state index in [2.05, 4.69) is 139 Å². The third-order valence-electron chi connectivity index (χ3n) is 7.83. The van der Waals surface area contributed by atoms with Crippen LogP contribution in [0.15, 0.2) is 54.6 Å². The second-order valence-corrected chi connectivity index (χ2v) is 14.3. The Balaban J connectivity index is 1.74. The lowest BCUT2D eigenvalue weighted by molar-refractivity contribution is 0.586. The normalized spacial score (nSPS) is 15.2. The van der Waals surface area contributed by atoms with Gasteiger partial charge in [0.2, 0.25) is 0 Å². The Morgan fingerprint density at radius 1 is 0.487 bits per heavy atom. The first-order valence-electron chi connectivity index (χ1n) is 14.1. The zero-order valence-electron chi connectivity index (χ0n) is 25.6. The molecule has 1 heterocycles. The van der Waals surface area contributed by atoms with Crippen molar-refractivity contribution in [2.24, 2.45) is 0 Å². The zero-order valence-corrected chi connectivity index (χ0v) is 25.6. The summed E-state index contributed by atoms with van der Waals surface area (Å²) >= 11 is 0. The molecule has 4 rings (SSSR count). The van der Waals surface area contributed by atoms with E-state index in [1.165, 1.54) is 16.6 Å². The fourth-order valence-electron chi connectivity index (χ4n) is 5.82. The third kappa shape index (κ3) is 6.40. The van der Waals surface area contributed by atoms with Gasteiger partial charge < -0.3 is 26.9 Å². The first-order chi connectivity index (χ1) is 17.9. The minimum Gasteiger partial charge on any atom is -0.399 e. The van der Waals surface area contributed by atoms with E-state index in [0.29, 0.717) is 0 Å². The van der Waals surface area contributed by atoms with E-state index in [1.54, 1.807) is 0 Å². The fraction of sp³-hybridized carbons (Fsp3) is 0.419. The Labute approximate surface area is 237 Å². The van der Waals surface area contributed by atoms with Crippen molar-refractivity contribution in [3.63, 3.8) is 0 Å². The molecule has 1 aliphatic heterocycles. The Kier molecular flexibility index (Phi) is 7.81. The molecule has 7 N–H and O–H groups in total. The third-order valence-corrected chi connectivity index (χ3v) is 7.83. The lowest BCUT2D eigenvalue weighted by Gasteiger charge is -2.35. The summed E-state index contributed by atoms with van der Waals surface area (Å²) in [6, 6.07) is 19.7. The van der Waals surface area contributed by atoms with Gasteiger partial charge in [-0.15, -0.1) is 0 Å². The largest absolute Gasteiger partial charge is 0.399 e. The van der Waals surface area contributed by atoms with Gasteiger partial charge in [-0.25, -0.2) is 0 Å². The topological polar surface area (TPSA) is 88.1 Å². The summed E-state index contributed by atoms with van der Waals surface area (Å²) < 4.78 is 0. The zero-order chi connectivity index (χ0) is 28.9. The van der Waals surface area contributed by atoms with Gasteiger partial charge in [0, 0.05) is 11.4 Å². The van der Waals surface area contributed by atoms with Crippen molar-refractivity contribution >= 4 is 48.7 Å². The standard InChI is InChI=1S/C31H46B3N5/c1-20-17-21(11-14-24(20)29(2,3)4)32-37-33(22-12-15-25(27(35)18-22)30(5,6)7)39-34(38-32)23-13-16-26(28(36)19-23)31(8,9)10/h11-19,37-39H,35-36H2,1-10H3. The first kappa shape index (κ1) is 29.3. The van der Waals surface area contributed by atoms with Crippen LogP contribution < -0.4 is 43.3 Å². The molecule has 0 aliphatic carbocycles. The molecule has 39 heavy (non-hydrogen) atoms. The Bertz CT molecular complexity index is 1180. The van der Waals surface area contributed by atoms with E-state index in [0.717, 1.165) is 33.4 Å². The molecule has 1 aliphatic rings. The molecule has 3 aromatic carbocycles. The summed E-state index contributed by atoms with van der Waals surface area (Å²) in [6.07, 6.45) is 0. The fourth-order valence-corrected chi connectivity index (χ4v) is 5.82. The van der Waals surface area contributed by atoms with Gasteiger partial charge in [0.05, 0.1) is 0 Å². The SMILES string of the molecule is Cc1cc(B2NB(c3ccc(C(C)(C)C)c(N)c3)NB(c3ccc(C(C)(C)C)c(N)c3)N2)ccc1C(C)(C)C. The number of rotatable bonds is 3. The van der Waals surface area contributed by atoms with Crippen LogP contribution in [-0.4, -0.2) is 20.9 Å². The van der Waals surface area contributed by atoms with Crippen molar-refractivity contribution in [2.75, 3.05) is 11.5 Å². The van der Waals surface area contributed by atoms with Gasteiger partial charge in [0.15, 0.2) is 0 Å². The average Bonchev–Trinajstić information content (AvgIpc) is 2.81. The van der Waals surface area contributed by atoms with Crippen LogP contribution in [0.1, 0.15) is 84.6 Å². The lowest BCUT2D eigenvalue weighted by atomic mass is 9.43. The van der Waals surface area contributed by atoms with Crippen molar-refractivity contribution in [2.45, 2.75) is 85.5 Å². The Hall–Kier alpha value is -2.67. The Morgan fingerprint density at radius 3 is 1.08 bits per heavy atom. The molecule has 8 heteroatoms. The smallest absolute Gasteiger partial charge is 0.320 e. The monoisotopic (exact) mass is 521 g/mol. The minimum atomic E-state index is -0.108. The highest BCUT2D eigenvalue weighted by Crippen LogP contribution is 2.28. The van der Waals surface area contributed by atoms with E-state index in [9.17, 15) is 0 Å². The van der Waals surface area contributed by atoms with Crippen LogP contribution in [0.4, 0.5) is 11.4 Å². The molecule has 0 radical (unpaired) electrons. The predicted octanol–water partition coefficient (Wildman–Crippen LogP) is 3.32. The first-order valence-corrected chi connectivity index (χ1v) is 14.1. The average molecular weight is 521 g/mol. The molecule has 5 nitrogen and oxygen atoms in total. The quantitative estimate of drug-likeness (QED) is 0.270. The second-order valence-electron chi connectivity index (χ2n) is 14.3. The van der Waals surface area contributed by atoms with Crippen LogP contribution >= 0.6 is 0 Å². The summed E-state index contributed by atoms with van der Waals surface area (Å²) in [7, 11) is 0. The number of anilines is 2. The van der Waals surface area contributed by atoms with Crippen LogP contribution in [0, 0.1) is 6.92 Å². The predicted molar refractivity (Wildman–Crippen MR) is 175 cm³/mol. The van der Waals surface area contributed by atoms with Gasteiger partial charge in [0.1, 0.15) is 0 Å². The molecule has 0 bridgehead atoms. The molecule has 0 amide bonds. The van der Waals surface area contributed by atoms with E-state index in [1.807, 2.05) is 0 Å². The maximum Gasteiger partial charge on any atom is 0.320 e. The van der Waals surface area contributed by atoms with Crippen molar-refractivity contribution in [1.82, 2.24) is 15.4 Å². The molecule has 204 valence electrons. The molecule has 1 saturated heterocycles. The molecule has 1 fully saturated rings. The van der Waals surface area contributed by atoms with Crippen molar-refractivity contribution in [1.29, 1.82) is 0 Å². The molecule has 3 aromatic rings. The van der Waals surface area contributed by atoms with Gasteiger partial charge in [0.25, 0.3) is 0 Å². The number of aryl methyl sites for hydroxylation is 1. The van der Waals surface area contributed by atoms with E-state index >= 15 is 0 Å². The summed E-state index contributed by atoms with van der Waals surface area (Å²) in [5.41, 5.74) is 23.3. The van der Waals surface area contributed by atoms with Gasteiger partial charge in [-0.3, -0.25) is 0 Å². The number of nitrogens with two attached hydrogens (primary N) is 2. The highest BCUT2D eigenvalue weighted by molar-refractivity contribution is 6.99. The van der Waals surface area contributed by atoms with Crippen LogP contribution in [0.3, 0.4) is 0 Å². The maximum atomic E-state index is 6.57. The molecular weight excluding hydrogens is 475 g/mol. The number of nitrogen functional groups attached to an aromatic ring is 2. The molecule has 0 saturated carbocycles. The molecule has 0 spiro atoms. The highest BCUT2D eigenvalue weighted by atomic mass is 15.1. The van der Waals surface area contributed by atoms with Crippen LogP contribution in [0.25, 0.3) is 0 Å². The number of nitrogens with one attached hydrogen (secondary N) is 3. The van der Waals surface area contributed by atoms with Crippen LogP contribution in [-0.2, 0) is 16.2 Å². The molecular formula is C31H46B3N5. The minimum absolute atomic E-state index is 0.0126. The number of benzene rings is 3. The Morgan fingerprint density at radius 2 is 0.795 bits per heavy atom. The highest BCUT2D eigenvalue weighted by Gasteiger charge is 2.38. The van der Waals surface area contributed by atoms with Gasteiger partial charge in [-0.1, -0.05) is 105 Å². The molecule has 0 aromatic heterocycles. The van der Waals surface area contributed by atoms with Gasteiger partial charge >= 0.3 is 20.9 Å². The van der Waals surface area contributed by atoms with Gasteiger partial charge in [-0.2, -0.15) is 0 Å². The summed E-state index contributed by atoms with van der Waals surface area (Å²) in [6.45, 7) is 21.9. The summed E-state index contributed by atoms with van der Waals surface area (Å²) in [5.74, 6) is 0. The van der Waals surface area contributed by atoms with Crippen molar-refractivity contribution in [3.8, 4) is 0 Å². The lowest BCUT2D eigenvalue weighted by Crippen LogP contribution is -2.83. The van der Waals surface area contributed by atoms with Crippen LogP contribution in [0.5, 0.6) is 0 Å². The number of hydrogen-bond donors (Lipinski definition) is 5. The van der Waals surface area contributed by atoms with E-state index < -0.39 is 0 Å². The van der Waals surface area contributed by atoms with E-state index in [-0.39, 0.29) is 37.2 Å². The number of hydrogen-bond acceptors (Lipinski definition) is 5. The second kappa shape index (κ2) is 10.4. The summed E-state index contributed by atoms with van der Waals surface area (Å²) in [4.78, 5) is 0. The van der Waals surface area contributed by atoms with Gasteiger partial charge in [-0.05, 0) is 73.9 Å². The van der Waals surface area contributed by atoms with Crippen molar-refractivity contribution in [3.05, 3.63) is 76.9 Å². The van der Waals surface area contributed by atoms with Crippen molar-refractivity contribution < 1.29 is 0 Å².